The minimum Gasteiger partial charge on any atom is -0.245 e. The molecular formula is C19H21N5O2S. The van der Waals surface area contributed by atoms with Gasteiger partial charge in [-0.25, -0.2) is 28.1 Å². The van der Waals surface area contributed by atoms with Gasteiger partial charge in [-0.3, -0.25) is 0 Å². The van der Waals surface area contributed by atoms with Crippen LogP contribution in [0.5, 0.6) is 0 Å². The zero-order valence-electron chi connectivity index (χ0n) is 15.3. The molecule has 0 spiro atoms. The summed E-state index contributed by atoms with van der Waals surface area (Å²) in [6, 6.07) is 7.99. The Morgan fingerprint density at radius 3 is 2.67 bits per heavy atom. The Morgan fingerprint density at radius 1 is 1.22 bits per heavy atom. The molecule has 4 rings (SSSR count). The summed E-state index contributed by atoms with van der Waals surface area (Å²) in [6.07, 6.45) is 5.99. The molecule has 1 aliphatic rings. The first-order valence-electron chi connectivity index (χ1n) is 8.82. The van der Waals surface area contributed by atoms with Gasteiger partial charge in [-0.2, -0.15) is 5.10 Å². The molecule has 7 nitrogen and oxygen atoms in total. The van der Waals surface area contributed by atoms with Crippen LogP contribution >= 0.6 is 0 Å². The van der Waals surface area contributed by atoms with Gasteiger partial charge < -0.3 is 0 Å². The Balaban J connectivity index is 1.80. The Bertz CT molecular complexity index is 1080. The molecule has 0 radical (unpaired) electrons. The van der Waals surface area contributed by atoms with Crippen molar-refractivity contribution in [2.24, 2.45) is 0 Å². The van der Waals surface area contributed by atoms with Crippen molar-refractivity contribution in [1.82, 2.24) is 24.7 Å². The van der Waals surface area contributed by atoms with Crippen LogP contribution in [0.2, 0.25) is 0 Å². The van der Waals surface area contributed by atoms with Crippen LogP contribution < -0.4 is 0 Å². The number of benzene rings is 1. The van der Waals surface area contributed by atoms with Crippen LogP contribution in [-0.4, -0.2) is 44.7 Å². The van der Waals surface area contributed by atoms with E-state index in [0.29, 0.717) is 18.7 Å². The summed E-state index contributed by atoms with van der Waals surface area (Å²) in [4.78, 5) is 12.9. The molecule has 1 atom stereocenters. The van der Waals surface area contributed by atoms with E-state index in [9.17, 15) is 8.42 Å². The maximum atomic E-state index is 12.1. The van der Waals surface area contributed by atoms with Gasteiger partial charge in [0.15, 0.2) is 15.7 Å². The highest BCUT2D eigenvalue weighted by atomic mass is 32.2. The molecule has 1 aromatic carbocycles. The van der Waals surface area contributed by atoms with Crippen molar-refractivity contribution in [1.29, 1.82) is 0 Å². The average molecular weight is 383 g/mol. The van der Waals surface area contributed by atoms with E-state index in [1.807, 2.05) is 42.8 Å². The first-order chi connectivity index (χ1) is 12.8. The fourth-order valence-electron chi connectivity index (χ4n) is 3.56. The van der Waals surface area contributed by atoms with E-state index in [1.165, 1.54) is 6.33 Å². The van der Waals surface area contributed by atoms with Crippen molar-refractivity contribution in [3.63, 3.8) is 0 Å². The first kappa shape index (κ1) is 17.8. The number of sulfone groups is 1. The Kier molecular flexibility index (Phi) is 4.30. The maximum absolute atomic E-state index is 12.1. The van der Waals surface area contributed by atoms with E-state index >= 15 is 0 Å². The van der Waals surface area contributed by atoms with Gasteiger partial charge in [0.25, 0.3) is 0 Å². The molecule has 3 heterocycles. The average Bonchev–Trinajstić information content (AvgIpc) is 3.17. The normalized spacial score (nSPS) is 21.4. The standard InChI is InChI=1S/C19H21N5O2S/c1-14-4-3-5-16(8-14)18-22-17(9-15-10-20-13-21-11-15)24(23-18)19(2)6-7-27(25,26)12-19/h3-5,8,10-11,13H,6-7,9,12H2,1-2H3. The molecule has 1 unspecified atom stereocenters. The monoisotopic (exact) mass is 383 g/mol. The van der Waals surface area contributed by atoms with Crippen LogP contribution in [0.3, 0.4) is 0 Å². The third kappa shape index (κ3) is 3.62. The van der Waals surface area contributed by atoms with Gasteiger partial charge in [0.1, 0.15) is 12.2 Å². The lowest BCUT2D eigenvalue weighted by Crippen LogP contribution is -2.34. The SMILES string of the molecule is Cc1cccc(-c2nc(Cc3cncnc3)n(C3(C)CCS(=O)(=O)C3)n2)c1. The fraction of sp³-hybridized carbons (Fsp3) is 0.368. The highest BCUT2D eigenvalue weighted by Gasteiger charge is 2.42. The van der Waals surface area contributed by atoms with Crippen LogP contribution in [0.4, 0.5) is 0 Å². The van der Waals surface area contributed by atoms with Crippen LogP contribution in [0.25, 0.3) is 11.4 Å². The van der Waals surface area contributed by atoms with Crippen molar-refractivity contribution >= 4 is 9.84 Å². The zero-order valence-corrected chi connectivity index (χ0v) is 16.1. The van der Waals surface area contributed by atoms with Crippen LogP contribution in [0.15, 0.2) is 43.0 Å². The lowest BCUT2D eigenvalue weighted by Gasteiger charge is -2.24. The van der Waals surface area contributed by atoms with Gasteiger partial charge in [0.2, 0.25) is 0 Å². The van der Waals surface area contributed by atoms with E-state index in [2.05, 4.69) is 9.97 Å². The lowest BCUT2D eigenvalue weighted by atomic mass is 10.0. The molecule has 0 aliphatic carbocycles. The first-order valence-corrected chi connectivity index (χ1v) is 10.6. The molecule has 1 saturated heterocycles. The Labute approximate surface area is 158 Å². The van der Waals surface area contributed by atoms with Gasteiger partial charge in [0, 0.05) is 24.4 Å². The number of aromatic nitrogens is 5. The number of nitrogens with zero attached hydrogens (tertiary/aromatic N) is 5. The third-order valence-electron chi connectivity index (χ3n) is 4.92. The molecule has 27 heavy (non-hydrogen) atoms. The predicted molar refractivity (Wildman–Crippen MR) is 102 cm³/mol. The molecule has 8 heteroatoms. The van der Waals surface area contributed by atoms with Gasteiger partial charge in [-0.1, -0.05) is 23.8 Å². The number of hydrogen-bond donors (Lipinski definition) is 0. The summed E-state index contributed by atoms with van der Waals surface area (Å²) >= 11 is 0. The molecule has 0 bridgehead atoms. The topological polar surface area (TPSA) is 90.6 Å². The number of hydrogen-bond acceptors (Lipinski definition) is 6. The van der Waals surface area contributed by atoms with E-state index < -0.39 is 15.4 Å². The van der Waals surface area contributed by atoms with Gasteiger partial charge in [-0.05, 0) is 31.9 Å². The molecular weight excluding hydrogens is 362 g/mol. The summed E-state index contributed by atoms with van der Waals surface area (Å²) in [5.74, 6) is 1.59. The summed E-state index contributed by atoms with van der Waals surface area (Å²) in [5, 5.41) is 4.74. The summed E-state index contributed by atoms with van der Waals surface area (Å²) in [6.45, 7) is 3.96. The highest BCUT2D eigenvalue weighted by molar-refractivity contribution is 7.91. The van der Waals surface area contributed by atoms with E-state index in [1.54, 1.807) is 12.4 Å². The number of rotatable bonds is 4. The molecule has 140 valence electrons. The molecule has 0 saturated carbocycles. The van der Waals surface area contributed by atoms with Gasteiger partial charge >= 0.3 is 0 Å². The van der Waals surface area contributed by atoms with Crippen molar-refractivity contribution in [3.8, 4) is 11.4 Å². The fourth-order valence-corrected chi connectivity index (χ4v) is 5.67. The van der Waals surface area contributed by atoms with E-state index in [0.717, 1.165) is 22.5 Å². The molecule has 1 aliphatic heterocycles. The smallest absolute Gasteiger partial charge is 0.181 e. The molecule has 3 aromatic rings. The zero-order chi connectivity index (χ0) is 19.1. The maximum Gasteiger partial charge on any atom is 0.181 e. The van der Waals surface area contributed by atoms with Crippen LogP contribution in [0, 0.1) is 6.92 Å². The second kappa shape index (κ2) is 6.53. The summed E-state index contributed by atoms with van der Waals surface area (Å²) in [7, 11) is -3.07. The summed E-state index contributed by atoms with van der Waals surface area (Å²) in [5.41, 5.74) is 2.35. The second-order valence-electron chi connectivity index (χ2n) is 7.40. The van der Waals surface area contributed by atoms with Gasteiger partial charge in [-0.15, -0.1) is 0 Å². The Hall–Kier alpha value is -2.61. The lowest BCUT2D eigenvalue weighted by molar-refractivity contribution is 0.318. The third-order valence-corrected chi connectivity index (χ3v) is 6.81. The molecule has 2 aromatic heterocycles. The predicted octanol–water partition coefficient (Wildman–Crippen LogP) is 2.17. The Morgan fingerprint density at radius 2 is 2.00 bits per heavy atom. The van der Waals surface area contributed by atoms with Crippen LogP contribution in [0.1, 0.15) is 30.3 Å². The minimum atomic E-state index is -3.07. The molecule has 0 amide bonds. The van der Waals surface area contributed by atoms with Crippen molar-refractivity contribution in [2.75, 3.05) is 11.5 Å². The number of aryl methyl sites for hydroxylation is 1. The molecule has 1 fully saturated rings. The largest absolute Gasteiger partial charge is 0.245 e. The second-order valence-corrected chi connectivity index (χ2v) is 9.58. The highest BCUT2D eigenvalue weighted by Crippen LogP contribution is 2.32. The quantitative estimate of drug-likeness (QED) is 0.686. The summed E-state index contributed by atoms with van der Waals surface area (Å²) < 4.78 is 26.1. The van der Waals surface area contributed by atoms with Crippen molar-refractivity contribution < 1.29 is 8.42 Å². The van der Waals surface area contributed by atoms with Gasteiger partial charge in [0.05, 0.1) is 17.0 Å². The van der Waals surface area contributed by atoms with Crippen molar-refractivity contribution in [2.45, 2.75) is 32.2 Å². The van der Waals surface area contributed by atoms with Crippen molar-refractivity contribution in [3.05, 3.63) is 59.9 Å². The van der Waals surface area contributed by atoms with E-state index in [4.69, 9.17) is 10.1 Å². The van der Waals surface area contributed by atoms with Crippen LogP contribution in [-0.2, 0) is 21.8 Å². The molecule has 0 N–H and O–H groups in total. The van der Waals surface area contributed by atoms with E-state index in [-0.39, 0.29) is 11.5 Å². The minimum absolute atomic E-state index is 0.0783.